The van der Waals surface area contributed by atoms with Crippen LogP contribution < -0.4 is 11.5 Å². The minimum Gasteiger partial charge on any atom is -0.469 e. The first-order chi connectivity index (χ1) is 7.15. The lowest BCUT2D eigenvalue weighted by atomic mass is 9.89. The van der Waals surface area contributed by atoms with Crippen molar-refractivity contribution in [1.29, 1.82) is 0 Å². The molecule has 0 saturated carbocycles. The number of rotatable bonds is 1. The fourth-order valence-electron chi connectivity index (χ4n) is 2.04. The van der Waals surface area contributed by atoms with E-state index in [0.717, 1.165) is 29.7 Å². The number of anilines is 2. The number of methoxy groups -OCH3 is 1. The van der Waals surface area contributed by atoms with Gasteiger partial charge in [0, 0.05) is 4.88 Å². The fourth-order valence-corrected chi connectivity index (χ4v) is 3.20. The van der Waals surface area contributed by atoms with Crippen molar-refractivity contribution >= 4 is 28.0 Å². The number of ether oxygens (including phenoxy) is 1. The van der Waals surface area contributed by atoms with Crippen molar-refractivity contribution in [3.05, 3.63) is 10.4 Å². The summed E-state index contributed by atoms with van der Waals surface area (Å²) >= 11 is 1.42. The van der Waals surface area contributed by atoms with Crippen molar-refractivity contribution in [2.24, 2.45) is 0 Å². The number of carbonyl (C=O) groups is 1. The molecule has 2 rings (SSSR count). The van der Waals surface area contributed by atoms with Gasteiger partial charge in [-0.3, -0.25) is 4.79 Å². The van der Waals surface area contributed by atoms with E-state index in [1.807, 2.05) is 0 Å². The van der Waals surface area contributed by atoms with E-state index >= 15 is 0 Å². The van der Waals surface area contributed by atoms with Crippen LogP contribution in [0, 0.1) is 0 Å². The van der Waals surface area contributed by atoms with Crippen molar-refractivity contribution in [2.75, 3.05) is 18.6 Å². The lowest BCUT2D eigenvalue weighted by Gasteiger charge is -2.19. The maximum atomic E-state index is 11.6. The molecule has 0 bridgehead atoms. The Morgan fingerprint density at radius 3 is 2.93 bits per heavy atom. The van der Waals surface area contributed by atoms with Gasteiger partial charge in [-0.1, -0.05) is 0 Å². The lowest BCUT2D eigenvalue weighted by Crippen LogP contribution is -2.18. The summed E-state index contributed by atoms with van der Waals surface area (Å²) in [6, 6.07) is 0. The molecule has 15 heavy (non-hydrogen) atoms. The van der Waals surface area contributed by atoms with Crippen molar-refractivity contribution in [3.63, 3.8) is 0 Å². The van der Waals surface area contributed by atoms with E-state index in [2.05, 4.69) is 0 Å². The highest BCUT2D eigenvalue weighted by molar-refractivity contribution is 7.17. The Hall–Kier alpha value is -1.23. The van der Waals surface area contributed by atoms with Crippen LogP contribution in [0.5, 0.6) is 0 Å². The van der Waals surface area contributed by atoms with Crippen LogP contribution in [0.4, 0.5) is 10.7 Å². The smallest absolute Gasteiger partial charge is 0.313 e. The summed E-state index contributed by atoms with van der Waals surface area (Å²) in [6.45, 7) is 0. The first-order valence-corrected chi connectivity index (χ1v) is 5.71. The van der Waals surface area contributed by atoms with E-state index in [-0.39, 0.29) is 11.9 Å². The predicted molar refractivity (Wildman–Crippen MR) is 60.8 cm³/mol. The number of hydrogen-bond acceptors (Lipinski definition) is 5. The first kappa shape index (κ1) is 10.3. The molecule has 5 heteroatoms. The fraction of sp³-hybridized carbons (Fsp3) is 0.500. The number of fused-ring (bicyclic) bond motifs is 1. The third kappa shape index (κ3) is 1.56. The molecule has 1 unspecified atom stereocenters. The highest BCUT2D eigenvalue weighted by Crippen LogP contribution is 2.44. The number of hydrogen-bond donors (Lipinski definition) is 2. The molecule has 4 N–H and O–H groups in total. The molecule has 1 aliphatic carbocycles. The molecule has 1 atom stereocenters. The predicted octanol–water partition coefficient (Wildman–Crippen LogP) is 1.51. The van der Waals surface area contributed by atoms with Crippen LogP contribution in [0.2, 0.25) is 0 Å². The Morgan fingerprint density at radius 2 is 2.27 bits per heavy atom. The molecule has 0 saturated heterocycles. The molecule has 1 aromatic heterocycles. The van der Waals surface area contributed by atoms with Gasteiger partial charge in [-0.05, 0) is 24.8 Å². The van der Waals surface area contributed by atoms with Crippen LogP contribution in [0.1, 0.15) is 29.2 Å². The second kappa shape index (κ2) is 3.73. The van der Waals surface area contributed by atoms with Crippen molar-refractivity contribution in [2.45, 2.75) is 25.2 Å². The van der Waals surface area contributed by atoms with Crippen LogP contribution in [-0.4, -0.2) is 13.1 Å². The van der Waals surface area contributed by atoms with Gasteiger partial charge < -0.3 is 16.2 Å². The number of carbonyl (C=O) groups excluding carboxylic acids is 1. The molecule has 0 radical (unpaired) electrons. The Labute approximate surface area is 92.2 Å². The summed E-state index contributed by atoms with van der Waals surface area (Å²) in [5.41, 5.74) is 13.3. The van der Waals surface area contributed by atoms with E-state index in [1.165, 1.54) is 18.4 Å². The Bertz CT molecular complexity index is 400. The monoisotopic (exact) mass is 226 g/mol. The second-order valence-corrected chi connectivity index (χ2v) is 4.77. The molecule has 1 heterocycles. The van der Waals surface area contributed by atoms with Crippen LogP contribution in [-0.2, 0) is 16.0 Å². The second-order valence-electron chi connectivity index (χ2n) is 3.69. The maximum Gasteiger partial charge on any atom is 0.313 e. The molecular weight excluding hydrogens is 212 g/mol. The van der Waals surface area contributed by atoms with Crippen molar-refractivity contribution in [1.82, 2.24) is 0 Å². The van der Waals surface area contributed by atoms with Gasteiger partial charge in [0.25, 0.3) is 0 Å². The zero-order valence-corrected chi connectivity index (χ0v) is 9.39. The van der Waals surface area contributed by atoms with Crippen LogP contribution in [0.25, 0.3) is 0 Å². The third-order valence-electron chi connectivity index (χ3n) is 2.83. The van der Waals surface area contributed by atoms with Crippen molar-refractivity contribution in [3.8, 4) is 0 Å². The van der Waals surface area contributed by atoms with E-state index in [0.29, 0.717) is 10.7 Å². The lowest BCUT2D eigenvalue weighted by molar-refractivity contribution is -0.142. The summed E-state index contributed by atoms with van der Waals surface area (Å²) < 4.78 is 4.78. The van der Waals surface area contributed by atoms with E-state index < -0.39 is 0 Å². The molecule has 4 nitrogen and oxygen atoms in total. The minimum absolute atomic E-state index is 0.164. The average molecular weight is 226 g/mol. The largest absolute Gasteiger partial charge is 0.469 e. The number of thiophene rings is 1. The Morgan fingerprint density at radius 1 is 1.53 bits per heavy atom. The zero-order chi connectivity index (χ0) is 11.0. The maximum absolute atomic E-state index is 11.6. The van der Waals surface area contributed by atoms with Crippen LogP contribution in [0.15, 0.2) is 0 Å². The van der Waals surface area contributed by atoms with E-state index in [4.69, 9.17) is 16.2 Å². The number of nitrogens with two attached hydrogens (primary N) is 2. The van der Waals surface area contributed by atoms with E-state index in [1.54, 1.807) is 0 Å². The summed E-state index contributed by atoms with van der Waals surface area (Å²) in [5, 5.41) is 0.621. The molecule has 0 amide bonds. The molecule has 0 spiro atoms. The molecule has 0 aromatic carbocycles. The van der Waals surface area contributed by atoms with Gasteiger partial charge in [-0.25, -0.2) is 0 Å². The Balaban J connectivity index is 2.43. The van der Waals surface area contributed by atoms with Gasteiger partial charge in [0.1, 0.15) is 5.00 Å². The van der Waals surface area contributed by atoms with Gasteiger partial charge in [0.2, 0.25) is 0 Å². The molecule has 1 aromatic rings. The van der Waals surface area contributed by atoms with Crippen LogP contribution in [0.3, 0.4) is 0 Å². The topological polar surface area (TPSA) is 78.3 Å². The number of esters is 1. The molecule has 0 fully saturated rings. The SMILES string of the molecule is COC(=O)C1CCCc2c1sc(N)c2N. The minimum atomic E-state index is -0.183. The zero-order valence-electron chi connectivity index (χ0n) is 8.58. The van der Waals surface area contributed by atoms with Crippen molar-refractivity contribution < 1.29 is 9.53 Å². The first-order valence-electron chi connectivity index (χ1n) is 4.89. The standard InChI is InChI=1S/C10H14N2O2S/c1-14-10(13)6-4-2-3-5-7(11)9(12)15-8(5)6/h6H,2-4,11-12H2,1H3. The third-order valence-corrected chi connectivity index (χ3v) is 4.02. The molecule has 82 valence electrons. The average Bonchev–Trinajstić information content (AvgIpc) is 2.54. The van der Waals surface area contributed by atoms with Gasteiger partial charge in [-0.2, -0.15) is 0 Å². The summed E-state index contributed by atoms with van der Waals surface area (Å²) in [6.07, 6.45) is 2.72. The van der Waals surface area contributed by atoms with Gasteiger partial charge >= 0.3 is 5.97 Å². The quantitative estimate of drug-likeness (QED) is 0.711. The summed E-state index contributed by atoms with van der Waals surface area (Å²) in [5.74, 6) is -0.347. The summed E-state index contributed by atoms with van der Waals surface area (Å²) in [7, 11) is 1.41. The molecule has 1 aliphatic rings. The van der Waals surface area contributed by atoms with Gasteiger partial charge in [0.05, 0.1) is 18.7 Å². The summed E-state index contributed by atoms with van der Waals surface area (Å²) in [4.78, 5) is 12.6. The number of nitrogen functional groups attached to an aromatic ring is 2. The highest BCUT2D eigenvalue weighted by Gasteiger charge is 2.31. The molecular formula is C10H14N2O2S. The van der Waals surface area contributed by atoms with Crippen LogP contribution >= 0.6 is 11.3 Å². The van der Waals surface area contributed by atoms with Gasteiger partial charge in [0.15, 0.2) is 0 Å². The van der Waals surface area contributed by atoms with Gasteiger partial charge in [-0.15, -0.1) is 11.3 Å². The highest BCUT2D eigenvalue weighted by atomic mass is 32.1. The Kier molecular flexibility index (Phi) is 2.56. The molecule has 0 aliphatic heterocycles. The van der Waals surface area contributed by atoms with E-state index in [9.17, 15) is 4.79 Å². The normalized spacial score (nSPS) is 19.7.